The van der Waals surface area contributed by atoms with E-state index in [1.165, 1.54) is 50.5 Å². The molecule has 2 rings (SSSR count). The molecule has 0 aliphatic rings. The number of carbonyl (C=O) groups excluding carboxylic acids is 1. The number of sulfonamides is 1. The van der Waals surface area contributed by atoms with Crippen molar-refractivity contribution in [3.8, 4) is 0 Å². The average molecular weight is 377 g/mol. The molecule has 0 aliphatic carbocycles. The van der Waals surface area contributed by atoms with Gasteiger partial charge in [0.25, 0.3) is 11.6 Å². The van der Waals surface area contributed by atoms with Gasteiger partial charge in [0, 0.05) is 25.8 Å². The molecule has 1 N–H and O–H groups in total. The molecule has 26 heavy (non-hydrogen) atoms. The van der Waals surface area contributed by atoms with Gasteiger partial charge in [-0.2, -0.15) is 0 Å². The number of hydrogen-bond acceptors (Lipinski definition) is 5. The smallest absolute Gasteiger partial charge is 0.282 e. The molecule has 0 saturated heterocycles. The molecule has 2 aromatic carbocycles. The van der Waals surface area contributed by atoms with E-state index in [1.54, 1.807) is 13.8 Å². The standard InChI is InChI=1S/C17H19N3O5S/c1-11-9-13(26(24,25)19(3)4)10-15(12(11)2)18-17(21)14-7-5-6-8-16(14)20(22)23/h5-10H,1-4H3,(H,18,21). The van der Waals surface area contributed by atoms with Gasteiger partial charge in [0.05, 0.1) is 9.82 Å². The summed E-state index contributed by atoms with van der Waals surface area (Å²) in [4.78, 5) is 23.0. The van der Waals surface area contributed by atoms with Gasteiger partial charge in [-0.05, 0) is 43.2 Å². The van der Waals surface area contributed by atoms with Crippen molar-refractivity contribution in [2.24, 2.45) is 0 Å². The molecule has 0 bridgehead atoms. The number of benzene rings is 2. The average Bonchev–Trinajstić information content (AvgIpc) is 2.58. The molecule has 0 radical (unpaired) electrons. The summed E-state index contributed by atoms with van der Waals surface area (Å²) in [6.45, 7) is 3.46. The van der Waals surface area contributed by atoms with Crippen LogP contribution < -0.4 is 5.32 Å². The second-order valence-electron chi connectivity index (χ2n) is 5.93. The van der Waals surface area contributed by atoms with Crippen molar-refractivity contribution in [2.75, 3.05) is 19.4 Å². The highest BCUT2D eigenvalue weighted by Crippen LogP contribution is 2.27. The van der Waals surface area contributed by atoms with Gasteiger partial charge < -0.3 is 5.32 Å². The first-order valence-electron chi connectivity index (χ1n) is 7.64. The fraction of sp³-hybridized carbons (Fsp3) is 0.235. The molecule has 138 valence electrons. The lowest BCUT2D eigenvalue weighted by Gasteiger charge is -2.16. The van der Waals surface area contributed by atoms with E-state index in [-0.39, 0.29) is 21.8 Å². The lowest BCUT2D eigenvalue weighted by Crippen LogP contribution is -2.23. The van der Waals surface area contributed by atoms with Crippen LogP contribution in [0.1, 0.15) is 21.5 Å². The molecule has 0 aromatic heterocycles. The summed E-state index contributed by atoms with van der Waals surface area (Å²) < 4.78 is 25.8. The van der Waals surface area contributed by atoms with E-state index < -0.39 is 20.9 Å². The summed E-state index contributed by atoms with van der Waals surface area (Å²) in [7, 11) is -0.861. The van der Waals surface area contributed by atoms with Crippen LogP contribution in [0.15, 0.2) is 41.3 Å². The number of aryl methyl sites for hydroxylation is 1. The third kappa shape index (κ3) is 3.73. The fourth-order valence-electron chi connectivity index (χ4n) is 2.33. The molecule has 1 amide bonds. The lowest BCUT2D eigenvalue weighted by molar-refractivity contribution is -0.385. The first-order valence-corrected chi connectivity index (χ1v) is 9.08. The number of carbonyl (C=O) groups is 1. The van der Waals surface area contributed by atoms with Crippen LogP contribution >= 0.6 is 0 Å². The minimum atomic E-state index is -3.69. The van der Waals surface area contributed by atoms with Crippen LogP contribution in [0, 0.1) is 24.0 Å². The molecule has 0 unspecified atom stereocenters. The molecular weight excluding hydrogens is 358 g/mol. The molecular formula is C17H19N3O5S. The van der Waals surface area contributed by atoms with Crippen molar-refractivity contribution >= 4 is 27.3 Å². The Labute approximate surface area is 151 Å². The third-order valence-electron chi connectivity index (χ3n) is 4.01. The molecule has 0 heterocycles. The fourth-order valence-corrected chi connectivity index (χ4v) is 3.34. The maximum absolute atomic E-state index is 12.5. The Morgan fingerprint density at radius 3 is 2.35 bits per heavy atom. The van der Waals surface area contributed by atoms with E-state index in [1.807, 2.05) is 0 Å². The van der Waals surface area contributed by atoms with Crippen molar-refractivity contribution < 1.29 is 18.1 Å². The number of para-hydroxylation sites is 1. The van der Waals surface area contributed by atoms with Gasteiger partial charge in [-0.1, -0.05) is 12.1 Å². The second kappa shape index (κ2) is 7.22. The first kappa shape index (κ1) is 19.5. The zero-order valence-corrected chi connectivity index (χ0v) is 15.6. The molecule has 8 nitrogen and oxygen atoms in total. The monoisotopic (exact) mass is 377 g/mol. The van der Waals surface area contributed by atoms with Crippen LogP contribution in [0.4, 0.5) is 11.4 Å². The first-order chi connectivity index (χ1) is 12.1. The summed E-state index contributed by atoms with van der Waals surface area (Å²) in [6, 6.07) is 8.44. The predicted molar refractivity (Wildman–Crippen MR) is 97.8 cm³/mol. The highest BCUT2D eigenvalue weighted by molar-refractivity contribution is 7.89. The summed E-state index contributed by atoms with van der Waals surface area (Å²) in [6.07, 6.45) is 0. The zero-order chi connectivity index (χ0) is 19.6. The minimum absolute atomic E-state index is 0.0310. The number of nitrogens with zero attached hydrogens (tertiary/aromatic N) is 2. The van der Waals surface area contributed by atoms with Crippen molar-refractivity contribution in [2.45, 2.75) is 18.7 Å². The van der Waals surface area contributed by atoms with Crippen LogP contribution in [0.25, 0.3) is 0 Å². The Balaban J connectivity index is 2.49. The SMILES string of the molecule is Cc1cc(S(=O)(=O)N(C)C)cc(NC(=O)c2ccccc2[N+](=O)[O-])c1C. The normalized spacial score (nSPS) is 11.4. The van der Waals surface area contributed by atoms with Crippen molar-refractivity contribution in [3.63, 3.8) is 0 Å². The summed E-state index contributed by atoms with van der Waals surface area (Å²) in [5, 5.41) is 13.7. The minimum Gasteiger partial charge on any atom is -0.321 e. The van der Waals surface area contributed by atoms with Crippen LogP contribution in [0.3, 0.4) is 0 Å². The number of nitro groups is 1. The number of rotatable bonds is 5. The van der Waals surface area contributed by atoms with E-state index in [0.717, 1.165) is 4.31 Å². The van der Waals surface area contributed by atoms with Crippen molar-refractivity contribution in [3.05, 3.63) is 63.2 Å². The molecule has 0 aliphatic heterocycles. The van der Waals surface area contributed by atoms with E-state index in [0.29, 0.717) is 11.1 Å². The van der Waals surface area contributed by atoms with E-state index in [2.05, 4.69) is 5.32 Å². The Morgan fingerprint density at radius 2 is 1.77 bits per heavy atom. The molecule has 0 atom stereocenters. The van der Waals surface area contributed by atoms with Crippen LogP contribution in [-0.4, -0.2) is 37.6 Å². The van der Waals surface area contributed by atoms with Gasteiger partial charge in [-0.25, -0.2) is 12.7 Å². The Morgan fingerprint density at radius 1 is 1.15 bits per heavy atom. The topological polar surface area (TPSA) is 110 Å². The van der Waals surface area contributed by atoms with Gasteiger partial charge in [0.15, 0.2) is 0 Å². The van der Waals surface area contributed by atoms with Crippen LogP contribution in [0.5, 0.6) is 0 Å². The number of anilines is 1. The molecule has 0 spiro atoms. The number of nitro benzene ring substituents is 1. The van der Waals surface area contributed by atoms with Gasteiger partial charge in [0.1, 0.15) is 5.56 Å². The largest absolute Gasteiger partial charge is 0.321 e. The van der Waals surface area contributed by atoms with E-state index >= 15 is 0 Å². The number of hydrogen-bond donors (Lipinski definition) is 1. The van der Waals surface area contributed by atoms with Gasteiger partial charge in [-0.3, -0.25) is 14.9 Å². The number of amides is 1. The van der Waals surface area contributed by atoms with E-state index in [9.17, 15) is 23.3 Å². The van der Waals surface area contributed by atoms with Gasteiger partial charge in [-0.15, -0.1) is 0 Å². The second-order valence-corrected chi connectivity index (χ2v) is 8.08. The third-order valence-corrected chi connectivity index (χ3v) is 5.81. The van der Waals surface area contributed by atoms with Crippen molar-refractivity contribution in [1.29, 1.82) is 0 Å². The highest BCUT2D eigenvalue weighted by atomic mass is 32.2. The molecule has 0 fully saturated rings. The van der Waals surface area contributed by atoms with Gasteiger partial charge in [0.2, 0.25) is 10.0 Å². The quantitative estimate of drug-likeness (QED) is 0.636. The maximum Gasteiger partial charge on any atom is 0.282 e. The van der Waals surface area contributed by atoms with E-state index in [4.69, 9.17) is 0 Å². The maximum atomic E-state index is 12.5. The Bertz CT molecular complexity index is 984. The lowest BCUT2D eigenvalue weighted by atomic mass is 10.1. The predicted octanol–water partition coefficient (Wildman–Crippen LogP) is 2.71. The van der Waals surface area contributed by atoms with Crippen LogP contribution in [0.2, 0.25) is 0 Å². The van der Waals surface area contributed by atoms with Crippen LogP contribution in [-0.2, 0) is 10.0 Å². The molecule has 2 aromatic rings. The number of nitrogens with one attached hydrogen (secondary N) is 1. The van der Waals surface area contributed by atoms with Gasteiger partial charge >= 0.3 is 0 Å². The highest BCUT2D eigenvalue weighted by Gasteiger charge is 2.23. The summed E-state index contributed by atoms with van der Waals surface area (Å²) in [5.74, 6) is -0.681. The van der Waals surface area contributed by atoms with Crippen molar-refractivity contribution in [1.82, 2.24) is 4.31 Å². The molecule has 0 saturated carbocycles. The molecule has 9 heteroatoms. The zero-order valence-electron chi connectivity index (χ0n) is 14.8. The summed E-state index contributed by atoms with van der Waals surface area (Å²) in [5.41, 5.74) is 1.21. The summed E-state index contributed by atoms with van der Waals surface area (Å²) >= 11 is 0. The Kier molecular flexibility index (Phi) is 5.43. The Hall–Kier alpha value is -2.78.